The van der Waals surface area contributed by atoms with Gasteiger partial charge < -0.3 is 15.0 Å². The third-order valence-corrected chi connectivity index (χ3v) is 4.01. The number of halogens is 1. The van der Waals surface area contributed by atoms with E-state index in [1.807, 2.05) is 6.92 Å². The van der Waals surface area contributed by atoms with E-state index in [9.17, 15) is 14.0 Å². The highest BCUT2D eigenvalue weighted by molar-refractivity contribution is 5.93. The lowest BCUT2D eigenvalue weighted by atomic mass is 10.2. The lowest BCUT2D eigenvalue weighted by Crippen LogP contribution is -2.42. The highest BCUT2D eigenvalue weighted by atomic mass is 19.1. The summed E-state index contributed by atoms with van der Waals surface area (Å²) in [5.41, 5.74) is 0.864. The molecule has 0 aliphatic carbocycles. The van der Waals surface area contributed by atoms with Crippen LogP contribution in [-0.4, -0.2) is 46.0 Å². The summed E-state index contributed by atoms with van der Waals surface area (Å²) in [4.78, 5) is 25.7. The Balaban J connectivity index is 1.64. The third-order valence-electron chi connectivity index (χ3n) is 4.01. The van der Waals surface area contributed by atoms with Crippen molar-refractivity contribution in [2.75, 3.05) is 13.1 Å². The van der Waals surface area contributed by atoms with E-state index in [-0.39, 0.29) is 42.4 Å². The van der Waals surface area contributed by atoms with Gasteiger partial charge in [0, 0.05) is 31.6 Å². The summed E-state index contributed by atoms with van der Waals surface area (Å²) >= 11 is 0. The molecule has 2 heterocycles. The van der Waals surface area contributed by atoms with Crippen LogP contribution in [0.1, 0.15) is 29.5 Å². The number of amides is 2. The molecule has 3 rings (SSSR count). The van der Waals surface area contributed by atoms with Gasteiger partial charge in [-0.05, 0) is 25.1 Å². The zero-order chi connectivity index (χ0) is 17.8. The van der Waals surface area contributed by atoms with Crippen molar-refractivity contribution in [3.8, 4) is 5.75 Å². The minimum absolute atomic E-state index is 0.0617. The fourth-order valence-corrected chi connectivity index (χ4v) is 2.61. The maximum atomic E-state index is 13.1. The zero-order valence-corrected chi connectivity index (χ0v) is 13.8. The molecular weight excluding hydrogens is 327 g/mol. The lowest BCUT2D eigenvalue weighted by Gasteiger charge is -2.25. The predicted molar refractivity (Wildman–Crippen MR) is 87.4 cm³/mol. The number of hydrogen-bond donors (Lipinski definition) is 2. The second-order valence-corrected chi connectivity index (χ2v) is 5.93. The standard InChI is InChI=1S/C17H19FN4O3/c1-11-9-19-16(23)5-6-22(11)17(24)15-8-13(20-21-15)10-25-14-4-2-3-12(18)7-14/h2-4,7-8,11H,5-6,9-10H2,1H3,(H,19,23)(H,20,21)/t11-/m0/s1. The molecule has 1 aliphatic rings. The van der Waals surface area contributed by atoms with Gasteiger partial charge in [0.15, 0.2) is 5.69 Å². The number of nitrogens with one attached hydrogen (secondary N) is 2. The molecule has 0 saturated carbocycles. The number of nitrogens with zero attached hydrogens (tertiary/aromatic N) is 2. The van der Waals surface area contributed by atoms with Crippen LogP contribution < -0.4 is 10.1 Å². The third kappa shape index (κ3) is 4.14. The molecule has 8 heteroatoms. The van der Waals surface area contributed by atoms with Crippen molar-refractivity contribution in [1.29, 1.82) is 0 Å². The minimum atomic E-state index is -0.378. The Labute approximate surface area is 144 Å². The van der Waals surface area contributed by atoms with Crippen molar-refractivity contribution in [2.45, 2.75) is 26.0 Å². The summed E-state index contributed by atoms with van der Waals surface area (Å²) < 4.78 is 18.6. The topological polar surface area (TPSA) is 87.3 Å². The number of carbonyl (C=O) groups excluding carboxylic acids is 2. The van der Waals surface area contributed by atoms with Crippen molar-refractivity contribution in [3.63, 3.8) is 0 Å². The van der Waals surface area contributed by atoms with Gasteiger partial charge in [0.1, 0.15) is 18.2 Å². The monoisotopic (exact) mass is 346 g/mol. The largest absolute Gasteiger partial charge is 0.487 e. The van der Waals surface area contributed by atoms with Crippen LogP contribution in [0, 0.1) is 5.82 Å². The van der Waals surface area contributed by atoms with Crippen LogP contribution in [0.15, 0.2) is 30.3 Å². The first-order chi connectivity index (χ1) is 12.0. The molecule has 132 valence electrons. The van der Waals surface area contributed by atoms with Crippen molar-refractivity contribution in [1.82, 2.24) is 20.4 Å². The smallest absolute Gasteiger partial charge is 0.274 e. The number of rotatable bonds is 4. The fraction of sp³-hybridized carbons (Fsp3) is 0.353. The van der Waals surface area contributed by atoms with Gasteiger partial charge in [0.25, 0.3) is 5.91 Å². The Morgan fingerprint density at radius 2 is 2.28 bits per heavy atom. The van der Waals surface area contributed by atoms with Gasteiger partial charge in [0.05, 0.1) is 5.69 Å². The molecule has 25 heavy (non-hydrogen) atoms. The lowest BCUT2D eigenvalue weighted by molar-refractivity contribution is -0.120. The molecule has 1 saturated heterocycles. The molecule has 2 amide bonds. The van der Waals surface area contributed by atoms with Gasteiger partial charge in [-0.2, -0.15) is 5.10 Å². The first-order valence-electron chi connectivity index (χ1n) is 8.03. The van der Waals surface area contributed by atoms with Gasteiger partial charge in [0.2, 0.25) is 5.91 Å². The van der Waals surface area contributed by atoms with Crippen molar-refractivity contribution in [2.24, 2.45) is 0 Å². The van der Waals surface area contributed by atoms with Crippen LogP contribution in [0.25, 0.3) is 0 Å². The first kappa shape index (κ1) is 16.9. The number of ether oxygens (including phenoxy) is 1. The second kappa shape index (κ2) is 7.33. The van der Waals surface area contributed by atoms with E-state index < -0.39 is 0 Å². The highest BCUT2D eigenvalue weighted by Crippen LogP contribution is 2.15. The summed E-state index contributed by atoms with van der Waals surface area (Å²) in [6.07, 6.45) is 0.274. The molecule has 7 nitrogen and oxygen atoms in total. The summed E-state index contributed by atoms with van der Waals surface area (Å²) in [7, 11) is 0. The summed E-state index contributed by atoms with van der Waals surface area (Å²) in [5.74, 6) is -0.282. The van der Waals surface area contributed by atoms with Gasteiger partial charge in [-0.3, -0.25) is 14.7 Å². The Bertz CT molecular complexity index is 777. The fourth-order valence-electron chi connectivity index (χ4n) is 2.61. The van der Waals surface area contributed by atoms with Crippen molar-refractivity contribution >= 4 is 11.8 Å². The number of aromatic nitrogens is 2. The Kier molecular flexibility index (Phi) is 4.97. The van der Waals surface area contributed by atoms with Gasteiger partial charge in [-0.15, -0.1) is 0 Å². The summed E-state index contributed by atoms with van der Waals surface area (Å²) in [6, 6.07) is 7.32. The maximum Gasteiger partial charge on any atom is 0.274 e. The normalized spacial score (nSPS) is 17.8. The Morgan fingerprint density at radius 1 is 1.44 bits per heavy atom. The van der Waals surface area contributed by atoms with Crippen LogP contribution in [0.2, 0.25) is 0 Å². The van der Waals surface area contributed by atoms with E-state index in [0.29, 0.717) is 24.5 Å². The van der Waals surface area contributed by atoms with E-state index in [1.165, 1.54) is 12.1 Å². The van der Waals surface area contributed by atoms with Gasteiger partial charge in [-0.1, -0.05) is 6.07 Å². The molecule has 1 aliphatic heterocycles. The number of carbonyl (C=O) groups is 2. The average molecular weight is 346 g/mol. The van der Waals surface area contributed by atoms with Crippen molar-refractivity contribution in [3.05, 3.63) is 47.5 Å². The molecule has 0 unspecified atom stereocenters. The van der Waals surface area contributed by atoms with Gasteiger partial charge >= 0.3 is 0 Å². The van der Waals surface area contributed by atoms with E-state index >= 15 is 0 Å². The zero-order valence-electron chi connectivity index (χ0n) is 13.8. The number of aromatic amines is 1. The maximum absolute atomic E-state index is 13.1. The number of benzene rings is 1. The quantitative estimate of drug-likeness (QED) is 0.878. The molecule has 1 atom stereocenters. The molecule has 2 N–H and O–H groups in total. The van der Waals surface area contributed by atoms with Crippen LogP contribution in [0.5, 0.6) is 5.75 Å². The van der Waals surface area contributed by atoms with Crippen LogP contribution in [-0.2, 0) is 11.4 Å². The summed E-state index contributed by atoms with van der Waals surface area (Å²) in [6.45, 7) is 2.79. The Morgan fingerprint density at radius 3 is 3.08 bits per heavy atom. The first-order valence-corrected chi connectivity index (χ1v) is 8.03. The van der Waals surface area contributed by atoms with Crippen LogP contribution in [0.4, 0.5) is 4.39 Å². The van der Waals surface area contributed by atoms with Crippen LogP contribution >= 0.6 is 0 Å². The molecule has 0 radical (unpaired) electrons. The van der Waals surface area contributed by atoms with E-state index in [1.54, 1.807) is 23.1 Å². The predicted octanol–water partition coefficient (Wildman–Crippen LogP) is 1.48. The van der Waals surface area contributed by atoms with E-state index in [0.717, 1.165) is 0 Å². The average Bonchev–Trinajstić information content (AvgIpc) is 3.00. The molecular formula is C17H19FN4O3. The molecule has 0 spiro atoms. The second-order valence-electron chi connectivity index (χ2n) is 5.93. The SMILES string of the molecule is C[C@H]1CNC(=O)CCN1C(=O)c1cc(COc2cccc(F)c2)[nH]n1. The Hall–Kier alpha value is -2.90. The van der Waals surface area contributed by atoms with E-state index in [2.05, 4.69) is 15.5 Å². The molecule has 1 aromatic carbocycles. The number of H-pyrrole nitrogens is 1. The van der Waals surface area contributed by atoms with E-state index in [4.69, 9.17) is 4.74 Å². The summed E-state index contributed by atoms with van der Waals surface area (Å²) in [5, 5.41) is 9.55. The highest BCUT2D eigenvalue weighted by Gasteiger charge is 2.26. The molecule has 2 aromatic rings. The molecule has 1 fully saturated rings. The molecule has 1 aromatic heterocycles. The minimum Gasteiger partial charge on any atom is -0.487 e. The van der Waals surface area contributed by atoms with Crippen molar-refractivity contribution < 1.29 is 18.7 Å². The van der Waals surface area contributed by atoms with Crippen LogP contribution in [0.3, 0.4) is 0 Å². The van der Waals surface area contributed by atoms with Gasteiger partial charge in [-0.25, -0.2) is 4.39 Å². The number of hydrogen-bond acceptors (Lipinski definition) is 4. The molecule has 0 bridgehead atoms.